The molecule has 9 nitrogen and oxygen atoms in total. The highest BCUT2D eigenvalue weighted by Gasteiger charge is 2.44. The van der Waals surface area contributed by atoms with Crippen LogP contribution in [0.3, 0.4) is 0 Å². The number of aromatic nitrogens is 1. The summed E-state index contributed by atoms with van der Waals surface area (Å²) < 4.78 is 0. The van der Waals surface area contributed by atoms with Gasteiger partial charge in [0.1, 0.15) is 12.3 Å². The Morgan fingerprint density at radius 1 is 1.12 bits per heavy atom. The van der Waals surface area contributed by atoms with Gasteiger partial charge >= 0.3 is 0 Å². The van der Waals surface area contributed by atoms with Crippen molar-refractivity contribution in [3.8, 4) is 10.4 Å². The first-order valence-corrected chi connectivity index (χ1v) is 15.6. The van der Waals surface area contributed by atoms with E-state index in [4.69, 9.17) is 5.11 Å². The number of β-amino-alcohol motifs (C(OH)–C–C–N with tert-alkyl or cyclic N) is 1. The number of likely N-dealkylation sites (tertiary alicyclic amines) is 1. The average molecular weight is 589 g/mol. The highest BCUT2D eigenvalue weighted by molar-refractivity contribution is 7.13. The van der Waals surface area contributed by atoms with Crippen molar-refractivity contribution in [2.45, 2.75) is 110 Å². The lowest BCUT2D eigenvalue weighted by molar-refractivity contribution is -0.143. The summed E-state index contributed by atoms with van der Waals surface area (Å²) in [5, 5.41) is 36.2. The van der Waals surface area contributed by atoms with Gasteiger partial charge in [0.05, 0.1) is 34.3 Å². The monoisotopic (exact) mass is 588 g/mol. The third kappa shape index (κ3) is 9.31. The zero-order valence-corrected chi connectivity index (χ0v) is 25.9. The lowest BCUT2D eigenvalue weighted by Gasteiger charge is -2.37. The molecule has 0 bridgehead atoms. The summed E-state index contributed by atoms with van der Waals surface area (Å²) in [7, 11) is 0. The molecule has 1 aliphatic rings. The molecule has 0 spiro atoms. The molecule has 0 aliphatic carbocycles. The molecular weight excluding hydrogens is 540 g/mol. The number of nitrogens with zero attached hydrogens (tertiary/aromatic N) is 2. The molecule has 1 fully saturated rings. The molecule has 1 unspecified atom stereocenters. The van der Waals surface area contributed by atoms with E-state index in [-0.39, 0.29) is 37.4 Å². The summed E-state index contributed by atoms with van der Waals surface area (Å²) in [6, 6.07) is 6.20. The second kappa shape index (κ2) is 15.2. The minimum absolute atomic E-state index is 0.0728. The number of hydrogen-bond donors (Lipinski definition) is 5. The van der Waals surface area contributed by atoms with E-state index in [9.17, 15) is 19.8 Å². The van der Waals surface area contributed by atoms with E-state index in [1.165, 1.54) is 4.90 Å². The number of benzene rings is 1. The molecule has 1 aromatic carbocycles. The second-order valence-corrected chi connectivity index (χ2v) is 13.1. The summed E-state index contributed by atoms with van der Waals surface area (Å²) in [5.41, 5.74) is 4.30. The number of hydrogen-bond acceptors (Lipinski definition) is 8. The van der Waals surface area contributed by atoms with Crippen molar-refractivity contribution in [3.63, 3.8) is 0 Å². The van der Waals surface area contributed by atoms with Gasteiger partial charge in [-0.1, -0.05) is 64.3 Å². The lowest BCUT2D eigenvalue weighted by atomic mass is 9.85. The second-order valence-electron chi connectivity index (χ2n) is 12.3. The predicted molar refractivity (Wildman–Crippen MR) is 162 cm³/mol. The van der Waals surface area contributed by atoms with Crippen LogP contribution in [-0.4, -0.2) is 74.6 Å². The third-order valence-electron chi connectivity index (χ3n) is 7.75. The number of carbonyl (C=O) groups is 2. The van der Waals surface area contributed by atoms with Gasteiger partial charge in [-0.3, -0.25) is 14.9 Å². The first-order valence-electron chi connectivity index (χ1n) is 14.8. The number of nitrogens with one attached hydrogen (secondary N) is 2. The third-order valence-corrected chi connectivity index (χ3v) is 8.73. The van der Waals surface area contributed by atoms with Crippen molar-refractivity contribution in [1.29, 1.82) is 0 Å². The molecule has 0 radical (unpaired) electrons. The summed E-state index contributed by atoms with van der Waals surface area (Å²) in [4.78, 5) is 34.1. The van der Waals surface area contributed by atoms with Gasteiger partial charge in [0.25, 0.3) is 0 Å². The number of aliphatic hydroxyl groups is 3. The van der Waals surface area contributed by atoms with Gasteiger partial charge in [-0.2, -0.15) is 0 Å². The van der Waals surface area contributed by atoms with Crippen molar-refractivity contribution in [3.05, 3.63) is 41.0 Å². The first kappa shape index (κ1) is 33.1. The smallest absolute Gasteiger partial charge is 0.243 e. The molecule has 3 rings (SSSR count). The van der Waals surface area contributed by atoms with Gasteiger partial charge in [0.2, 0.25) is 11.8 Å². The molecule has 41 heavy (non-hydrogen) atoms. The Labute approximate surface area is 248 Å². The van der Waals surface area contributed by atoms with E-state index in [1.54, 1.807) is 11.3 Å². The van der Waals surface area contributed by atoms with Crippen molar-refractivity contribution in [2.75, 3.05) is 13.2 Å². The molecule has 5 N–H and O–H groups in total. The largest absolute Gasteiger partial charge is 0.396 e. The van der Waals surface area contributed by atoms with E-state index in [2.05, 4.69) is 15.6 Å². The zero-order chi connectivity index (χ0) is 30.2. The Morgan fingerprint density at radius 2 is 1.78 bits per heavy atom. The number of thiazole rings is 1. The van der Waals surface area contributed by atoms with Gasteiger partial charge in [-0.15, -0.1) is 11.3 Å². The minimum Gasteiger partial charge on any atom is -0.396 e. The van der Waals surface area contributed by atoms with Gasteiger partial charge in [0.15, 0.2) is 0 Å². The van der Waals surface area contributed by atoms with Crippen LogP contribution in [-0.2, 0) is 9.59 Å². The normalized spacial score (nSPS) is 19.7. The SMILES string of the molecule is Cc1ncsc1-c1ccc([C@H](C)NC(=O)[C@@H]2C[C@@H](O)CN2C(=O)[C@@H](NC(O)CCCCCCCO)C(C)(C)C)cc1. The van der Waals surface area contributed by atoms with Gasteiger partial charge < -0.3 is 25.5 Å². The number of amides is 2. The van der Waals surface area contributed by atoms with Crippen molar-refractivity contribution >= 4 is 23.2 Å². The van der Waals surface area contributed by atoms with Crippen LogP contribution in [0.4, 0.5) is 0 Å². The molecule has 10 heteroatoms. The van der Waals surface area contributed by atoms with Crippen LogP contribution in [0.2, 0.25) is 0 Å². The van der Waals surface area contributed by atoms with Gasteiger partial charge in [-0.25, -0.2) is 4.98 Å². The maximum atomic E-state index is 13.8. The Balaban J connectivity index is 1.63. The predicted octanol–water partition coefficient (Wildman–Crippen LogP) is 3.91. The minimum atomic E-state index is -0.863. The van der Waals surface area contributed by atoms with Gasteiger partial charge in [-0.05, 0) is 49.7 Å². The Hall–Kier alpha value is -2.37. The standard InChI is InChI=1S/C31H48N4O5S/c1-20(22-12-14-23(15-13-22)27-21(2)32-19-41-27)33-29(39)25-17-24(37)18-35(25)30(40)28(31(3,4)5)34-26(38)11-9-7-6-8-10-16-36/h12-15,19-20,24-26,28,34,36-38H,6-11,16-18H2,1-5H3,(H,33,39)/t20-,24+,25-,26?,28+/m0/s1. The molecule has 0 saturated carbocycles. The molecule has 2 aromatic rings. The number of unbranched alkanes of at least 4 members (excludes halogenated alkanes) is 4. The summed E-state index contributed by atoms with van der Waals surface area (Å²) in [6.45, 7) is 9.92. The highest BCUT2D eigenvalue weighted by atomic mass is 32.1. The van der Waals surface area contributed by atoms with E-state index in [1.807, 2.05) is 64.4 Å². The van der Waals surface area contributed by atoms with Gasteiger partial charge in [0, 0.05) is 19.6 Å². The number of aryl methyl sites for hydroxylation is 1. The number of carbonyl (C=O) groups excluding carboxylic acids is 2. The zero-order valence-electron chi connectivity index (χ0n) is 25.1. The maximum absolute atomic E-state index is 13.8. The van der Waals surface area contributed by atoms with Crippen LogP contribution in [0.15, 0.2) is 29.8 Å². The Morgan fingerprint density at radius 3 is 2.39 bits per heavy atom. The average Bonchev–Trinajstić information content (AvgIpc) is 3.53. The van der Waals surface area contributed by atoms with E-state index in [0.29, 0.717) is 6.42 Å². The number of rotatable bonds is 14. The summed E-state index contributed by atoms with van der Waals surface area (Å²) >= 11 is 1.59. The van der Waals surface area contributed by atoms with Crippen LogP contribution >= 0.6 is 11.3 Å². The van der Waals surface area contributed by atoms with E-state index in [0.717, 1.165) is 53.8 Å². The molecule has 1 saturated heterocycles. The summed E-state index contributed by atoms with van der Waals surface area (Å²) in [6.07, 6.45) is 3.50. The molecule has 1 aliphatic heterocycles. The summed E-state index contributed by atoms with van der Waals surface area (Å²) in [5.74, 6) is -0.603. The van der Waals surface area contributed by atoms with Crippen LogP contribution in [0.25, 0.3) is 10.4 Å². The highest BCUT2D eigenvalue weighted by Crippen LogP contribution is 2.29. The fourth-order valence-electron chi connectivity index (χ4n) is 5.31. The Bertz CT molecular complexity index is 1120. The van der Waals surface area contributed by atoms with Crippen molar-refractivity contribution < 1.29 is 24.9 Å². The quantitative estimate of drug-likeness (QED) is 0.167. The maximum Gasteiger partial charge on any atom is 0.243 e. The van der Waals surface area contributed by atoms with Crippen molar-refractivity contribution in [1.82, 2.24) is 20.5 Å². The van der Waals surface area contributed by atoms with Crippen molar-refractivity contribution in [2.24, 2.45) is 5.41 Å². The number of aliphatic hydroxyl groups excluding tert-OH is 3. The lowest BCUT2D eigenvalue weighted by Crippen LogP contribution is -2.58. The molecule has 5 atom stereocenters. The molecule has 2 amide bonds. The van der Waals surface area contributed by atoms with Crippen LogP contribution in [0.1, 0.15) is 89.9 Å². The van der Waals surface area contributed by atoms with E-state index < -0.39 is 29.8 Å². The van der Waals surface area contributed by atoms with Crippen LogP contribution < -0.4 is 10.6 Å². The fourth-order valence-corrected chi connectivity index (χ4v) is 6.13. The molecule has 228 valence electrons. The van der Waals surface area contributed by atoms with Crippen LogP contribution in [0, 0.1) is 12.3 Å². The topological polar surface area (TPSA) is 135 Å². The van der Waals surface area contributed by atoms with Crippen LogP contribution in [0.5, 0.6) is 0 Å². The van der Waals surface area contributed by atoms with E-state index >= 15 is 0 Å². The Kier molecular flexibility index (Phi) is 12.3. The molecule has 2 heterocycles. The molecular formula is C31H48N4O5S. The molecule has 1 aromatic heterocycles. The first-order chi connectivity index (χ1) is 19.4. The fraction of sp³-hybridized carbons (Fsp3) is 0.645.